The van der Waals surface area contributed by atoms with Gasteiger partial charge in [-0.15, -0.1) is 0 Å². The molecule has 610 valence electrons. The summed E-state index contributed by atoms with van der Waals surface area (Å²) in [5.74, 6) is -16.7. The first-order valence-electron chi connectivity index (χ1n) is 38.8. The topological polar surface area (TPSA) is 279 Å². The van der Waals surface area contributed by atoms with E-state index in [0.29, 0.717) is 44.9 Å². The van der Waals surface area contributed by atoms with Crippen molar-refractivity contribution in [2.45, 2.75) is 267 Å². The number of carbonyl (C=O) groups is 12. The molecule has 12 amide bonds. The molecule has 0 aromatic heterocycles. The lowest BCUT2D eigenvalue weighted by Gasteiger charge is -2.46. The van der Waals surface area contributed by atoms with E-state index in [1.807, 2.05) is 0 Å². The molecule has 4 saturated carbocycles. The van der Waals surface area contributed by atoms with E-state index in [1.165, 1.54) is 64.0 Å². The molecular weight excluding hydrogens is 1430 g/mol. The van der Waals surface area contributed by atoms with Crippen molar-refractivity contribution in [3.63, 3.8) is 0 Å². The van der Waals surface area contributed by atoms with Crippen molar-refractivity contribution < 1.29 is 97.4 Å². The molecule has 33 heteroatoms. The van der Waals surface area contributed by atoms with Crippen molar-refractivity contribution in [1.82, 2.24) is 60.0 Å². The van der Waals surface area contributed by atoms with Gasteiger partial charge in [-0.2, -0.15) is 26.3 Å². The lowest BCUT2D eigenvalue weighted by molar-refractivity contribution is -0.219. The summed E-state index contributed by atoms with van der Waals surface area (Å²) >= 11 is 0. The first-order chi connectivity index (χ1) is 50.7. The van der Waals surface area contributed by atoms with Crippen LogP contribution in [-0.2, 0) is 62.3 Å². The highest BCUT2D eigenvalue weighted by molar-refractivity contribution is 6.01. The van der Waals surface area contributed by atoms with Crippen LogP contribution in [0.3, 0.4) is 0 Å². The lowest BCUT2D eigenvalue weighted by atomic mass is 9.74. The van der Waals surface area contributed by atoms with Crippen LogP contribution in [0.1, 0.15) is 182 Å². The van der Waals surface area contributed by atoms with E-state index >= 15 is 37.5 Å². The second kappa shape index (κ2) is 38.1. The van der Waals surface area contributed by atoms with E-state index in [4.69, 9.17) is 4.74 Å². The number of fused-ring (bicyclic) bond motifs is 3. The van der Waals surface area contributed by atoms with Gasteiger partial charge in [0.2, 0.25) is 70.9 Å². The summed E-state index contributed by atoms with van der Waals surface area (Å²) in [5.41, 5.74) is -1.69. The van der Waals surface area contributed by atoms with Crippen molar-refractivity contribution >= 4 is 70.9 Å². The zero-order valence-corrected chi connectivity index (χ0v) is 64.8. The van der Waals surface area contributed by atoms with Crippen LogP contribution in [0.5, 0.6) is 0 Å². The van der Waals surface area contributed by atoms with Gasteiger partial charge < -0.3 is 64.8 Å². The maximum absolute atomic E-state index is 15.6. The van der Waals surface area contributed by atoms with E-state index in [-0.39, 0.29) is 103 Å². The van der Waals surface area contributed by atoms with Crippen LogP contribution < -0.4 is 16.0 Å². The summed E-state index contributed by atoms with van der Waals surface area (Å²) in [5, 5.41) is 8.40. The highest BCUT2D eigenvalue weighted by Crippen LogP contribution is 2.46. The van der Waals surface area contributed by atoms with Crippen LogP contribution in [0.2, 0.25) is 0 Å². The van der Waals surface area contributed by atoms with Crippen LogP contribution in [-0.4, -0.2) is 288 Å². The minimum absolute atomic E-state index is 0.00413. The largest absolute Gasteiger partial charge is 0.397 e. The number of carbonyl (C=O) groups excluding carboxylic acids is 12. The van der Waals surface area contributed by atoms with Gasteiger partial charge in [0.15, 0.2) is 0 Å². The van der Waals surface area contributed by atoms with Crippen LogP contribution in [0.15, 0.2) is 12.2 Å². The van der Waals surface area contributed by atoms with Crippen molar-refractivity contribution in [2.75, 3.05) is 88.7 Å². The Labute approximate surface area is 629 Å². The van der Waals surface area contributed by atoms with E-state index in [1.54, 1.807) is 46.8 Å². The molecule has 2 unspecified atom stereocenters. The first kappa shape index (κ1) is 88.0. The summed E-state index contributed by atoms with van der Waals surface area (Å²) in [6.07, 6.45) is -12.8. The predicted molar refractivity (Wildman–Crippen MR) is 381 cm³/mol. The molecule has 7 rings (SSSR count). The number of halogens is 8. The summed E-state index contributed by atoms with van der Waals surface area (Å²) in [4.78, 5) is 191. The monoisotopic (exact) mass is 1540 g/mol. The molecule has 3 aliphatic heterocycles. The predicted octanol–water partition coefficient (Wildman–Crippen LogP) is 6.50. The van der Waals surface area contributed by atoms with Crippen LogP contribution >= 0.6 is 0 Å². The number of nitrogens with zero attached hydrogens (tertiary/aromatic N) is 9. The van der Waals surface area contributed by atoms with Crippen LogP contribution in [0, 0.1) is 35.5 Å². The van der Waals surface area contributed by atoms with E-state index in [9.17, 15) is 55.1 Å². The second-order valence-corrected chi connectivity index (χ2v) is 31.4. The average Bonchev–Trinajstić information content (AvgIpc) is 1.24. The molecule has 3 N–H and O–H groups in total. The van der Waals surface area contributed by atoms with Gasteiger partial charge in [0, 0.05) is 82.0 Å². The van der Waals surface area contributed by atoms with Crippen molar-refractivity contribution in [1.29, 1.82) is 0 Å². The van der Waals surface area contributed by atoms with Crippen LogP contribution in [0.25, 0.3) is 0 Å². The van der Waals surface area contributed by atoms with E-state index in [2.05, 4.69) is 16.0 Å². The van der Waals surface area contributed by atoms with Gasteiger partial charge in [-0.1, -0.05) is 58.6 Å². The molecule has 0 aromatic rings. The summed E-state index contributed by atoms with van der Waals surface area (Å²) in [6, 6.07) is -11.3. The third-order valence-corrected chi connectivity index (χ3v) is 24.2. The summed E-state index contributed by atoms with van der Waals surface area (Å²) in [6.45, 7) is 6.86. The minimum Gasteiger partial charge on any atom is -0.377 e. The fraction of sp³-hybridized carbons (Fsp3) is 0.813. The number of amides is 12. The number of hydrogen-bond donors (Lipinski definition) is 3. The maximum atomic E-state index is 15.6. The maximum Gasteiger partial charge on any atom is 0.397 e. The summed E-state index contributed by atoms with van der Waals surface area (Å²) < 4.78 is 121. The Morgan fingerprint density at radius 1 is 0.639 bits per heavy atom. The van der Waals surface area contributed by atoms with E-state index < -0.39 is 230 Å². The fourth-order valence-corrected chi connectivity index (χ4v) is 17.0. The van der Waals surface area contributed by atoms with Gasteiger partial charge in [-0.25, -0.2) is 8.78 Å². The first-order valence-corrected chi connectivity index (χ1v) is 38.8. The fourth-order valence-electron chi connectivity index (χ4n) is 17.0. The smallest absolute Gasteiger partial charge is 0.377 e. The molecule has 25 nitrogen and oxygen atoms in total. The highest BCUT2D eigenvalue weighted by atomic mass is 19.4. The molecule has 0 aromatic carbocycles. The lowest BCUT2D eigenvalue weighted by Crippen LogP contribution is -2.68. The Kier molecular flexibility index (Phi) is 31.1. The van der Waals surface area contributed by atoms with E-state index in [0.717, 1.165) is 29.4 Å². The third kappa shape index (κ3) is 21.1. The Balaban J connectivity index is 1.32. The third-order valence-electron chi connectivity index (χ3n) is 24.2. The minimum atomic E-state index is -5.22. The normalized spacial score (nSPS) is 31.9. The molecule has 1 spiro atoms. The van der Waals surface area contributed by atoms with Gasteiger partial charge in [0.05, 0.1) is 31.5 Å². The zero-order valence-electron chi connectivity index (χ0n) is 64.8. The number of hydrogen-bond acceptors (Lipinski definition) is 13. The number of alkyl halides is 8. The summed E-state index contributed by atoms with van der Waals surface area (Å²) in [7, 11) is 9.50. The molecule has 2 saturated heterocycles. The quantitative estimate of drug-likeness (QED) is 0.124. The average molecular weight is 1550 g/mol. The Morgan fingerprint density at radius 3 is 1.83 bits per heavy atom. The molecular formula is C75H116F8N12O13. The van der Waals surface area contributed by atoms with Crippen LogP contribution in [0.4, 0.5) is 35.1 Å². The molecule has 6 fully saturated rings. The number of ether oxygens (including phenoxy) is 1. The van der Waals surface area contributed by atoms with Gasteiger partial charge in [-0.05, 0) is 147 Å². The molecule has 4 aliphatic carbocycles. The Bertz CT molecular complexity index is 3210. The number of nitrogens with one attached hydrogen (secondary N) is 3. The standard InChI is InChI=1S/C75H116F8N12O13/c1-13-23-53-64(99)85-62(44(5)14-2)70(105)89(8)43-60(98)91(10)54-26-18-17-21-35-94(69(54)104)57(38-45-27-30-48(31-28-45)74(78,79)80)68(103)88(7)42-58(96)84-52(32-29-46-36-50(76)61(51(77)37-46)75(81,82)83)66(101)95-41-49(108-16-4)39-55(95)65(100)86-73(33-22-34-73)72(107)93(12)63(47-24-19-20-25-47)71(106)92(11)56(40-59(97)90(53)9)67(102)87(6)15-3/h17-18,44-57,61-63H,13-16,19-43H2,1-12H3,(H,84,96)(H,85,99)(H,86,100)/b18-17-/t44-,45?,46?,48?,49+,50?,51?,52-,53-,54-,55-,56-,57-,61?,62-,63-/m0/s1. The number of likely N-dealkylation sites (N-methyl/N-ethyl adjacent to an activating group) is 7. The van der Waals surface area contributed by atoms with Crippen molar-refractivity contribution in [3.05, 3.63) is 12.2 Å². The van der Waals surface area contributed by atoms with Gasteiger partial charge in [0.25, 0.3) is 0 Å². The Hall–Kier alpha value is -7.22. The van der Waals surface area contributed by atoms with Gasteiger partial charge in [0.1, 0.15) is 72.1 Å². The molecule has 7 aliphatic rings. The SMILES string of the molecule is CCC[C@H]1C(=O)N[C@@H]([C@@H](C)CC)C(=O)N(C)CC(=O)N(C)[C@H]2C/C=C\CCN(C2=O)[C@@H](CC2CCC(C(F)(F)F)CC2)C(=O)N(C)CC(=O)N[C@@H](CCC2CC(F)C(C(F)(F)F)C(F)C2)C(=O)N2C[C@H](OCC)C[C@H]2C(=O)NC2(CCC2)C(=O)N(C)[C@@H](C2CCCC2)C(=O)N(C)[C@H](C(=O)N(C)CC)CC(=O)N1C. The van der Waals surface area contributed by atoms with Gasteiger partial charge >= 0.3 is 12.4 Å². The molecule has 0 radical (unpaired) electrons. The molecule has 2 bridgehead atoms. The van der Waals surface area contributed by atoms with Crippen molar-refractivity contribution in [2.24, 2.45) is 35.5 Å². The zero-order chi connectivity index (χ0) is 80.2. The Morgan fingerprint density at radius 2 is 1.27 bits per heavy atom. The molecule has 12 atom stereocenters. The van der Waals surface area contributed by atoms with Crippen molar-refractivity contribution in [3.8, 4) is 0 Å². The highest BCUT2D eigenvalue weighted by Gasteiger charge is 2.56. The number of rotatable bonds is 14. The second-order valence-electron chi connectivity index (χ2n) is 31.4. The van der Waals surface area contributed by atoms with Gasteiger partial charge in [-0.3, -0.25) is 57.5 Å². The molecule has 3 heterocycles. The molecule has 108 heavy (non-hydrogen) atoms.